The van der Waals surface area contributed by atoms with Crippen LogP contribution in [0.1, 0.15) is 11.3 Å². The number of para-hydroxylation sites is 1. The second kappa shape index (κ2) is 4.91. The van der Waals surface area contributed by atoms with E-state index in [1.54, 1.807) is 7.11 Å². The van der Waals surface area contributed by atoms with Gasteiger partial charge in [-0.1, -0.05) is 18.2 Å². The van der Waals surface area contributed by atoms with Gasteiger partial charge in [0.25, 0.3) is 0 Å². The van der Waals surface area contributed by atoms with Crippen molar-refractivity contribution in [2.24, 2.45) is 7.05 Å². The Hall–Kier alpha value is -1.97. The monoisotopic (exact) mass is 231 g/mol. The largest absolute Gasteiger partial charge is 0.496 e. The van der Waals surface area contributed by atoms with Crippen molar-refractivity contribution >= 4 is 5.69 Å². The third-order valence-electron chi connectivity index (χ3n) is 2.90. The molecule has 0 saturated heterocycles. The molecule has 1 heterocycles. The molecule has 0 spiro atoms. The molecule has 0 unspecified atom stereocenters. The van der Waals surface area contributed by atoms with Crippen LogP contribution < -0.4 is 10.1 Å². The molecule has 0 atom stereocenters. The number of methoxy groups -OCH3 is 1. The molecule has 0 aliphatic heterocycles. The lowest BCUT2D eigenvalue weighted by Crippen LogP contribution is -2.02. The van der Waals surface area contributed by atoms with E-state index in [9.17, 15) is 0 Å². The molecule has 0 aliphatic carbocycles. The number of aromatic nitrogens is 2. The van der Waals surface area contributed by atoms with Gasteiger partial charge in [-0.2, -0.15) is 5.10 Å². The van der Waals surface area contributed by atoms with Crippen molar-refractivity contribution < 1.29 is 4.74 Å². The third kappa shape index (κ3) is 2.41. The Kier molecular flexibility index (Phi) is 3.32. The van der Waals surface area contributed by atoms with Gasteiger partial charge in [-0.05, 0) is 13.0 Å². The van der Waals surface area contributed by atoms with Crippen LogP contribution in [0.4, 0.5) is 5.69 Å². The third-order valence-corrected chi connectivity index (χ3v) is 2.90. The summed E-state index contributed by atoms with van der Waals surface area (Å²) >= 11 is 0. The lowest BCUT2D eigenvalue weighted by Gasteiger charge is -2.09. The fraction of sp³-hybridized carbons (Fsp3) is 0.308. The molecule has 4 heteroatoms. The maximum atomic E-state index is 5.31. The van der Waals surface area contributed by atoms with Crippen molar-refractivity contribution in [3.8, 4) is 5.75 Å². The summed E-state index contributed by atoms with van der Waals surface area (Å²) in [6.45, 7) is 2.77. The highest BCUT2D eigenvalue weighted by Crippen LogP contribution is 2.20. The number of aryl methyl sites for hydroxylation is 1. The minimum absolute atomic E-state index is 0.733. The Labute approximate surface area is 101 Å². The summed E-state index contributed by atoms with van der Waals surface area (Å²) in [6.07, 6.45) is 1.84. The molecule has 4 nitrogen and oxygen atoms in total. The highest BCUT2D eigenvalue weighted by atomic mass is 16.5. The predicted octanol–water partition coefficient (Wildman–Crippen LogP) is 2.35. The standard InChI is InChI=1S/C13H17N3O/c1-10-12(9-15-16(10)2)14-8-11-6-4-5-7-13(11)17-3/h4-7,9,14H,8H2,1-3H3. The molecule has 1 aromatic carbocycles. The van der Waals surface area contributed by atoms with Crippen LogP contribution in [0.5, 0.6) is 5.75 Å². The van der Waals surface area contributed by atoms with Crippen LogP contribution in [0, 0.1) is 6.92 Å². The molecule has 90 valence electrons. The van der Waals surface area contributed by atoms with Gasteiger partial charge < -0.3 is 10.1 Å². The maximum absolute atomic E-state index is 5.31. The molecular formula is C13H17N3O. The van der Waals surface area contributed by atoms with Crippen LogP contribution in [0.3, 0.4) is 0 Å². The fourth-order valence-electron chi connectivity index (χ4n) is 1.71. The van der Waals surface area contributed by atoms with Gasteiger partial charge in [-0.25, -0.2) is 0 Å². The zero-order chi connectivity index (χ0) is 12.3. The molecule has 0 amide bonds. The number of rotatable bonds is 4. The molecule has 0 radical (unpaired) electrons. The number of hydrogen-bond acceptors (Lipinski definition) is 3. The SMILES string of the molecule is COc1ccccc1CNc1cnn(C)c1C. The average molecular weight is 231 g/mol. The van der Waals surface area contributed by atoms with E-state index in [2.05, 4.69) is 16.5 Å². The summed E-state index contributed by atoms with van der Waals surface area (Å²) in [5.41, 5.74) is 3.32. The predicted molar refractivity (Wildman–Crippen MR) is 68.3 cm³/mol. The molecule has 0 saturated carbocycles. The smallest absolute Gasteiger partial charge is 0.123 e. The van der Waals surface area contributed by atoms with Gasteiger partial charge in [0.1, 0.15) is 5.75 Å². The number of nitrogens with zero attached hydrogens (tertiary/aromatic N) is 2. The summed E-state index contributed by atoms with van der Waals surface area (Å²) in [7, 11) is 3.62. The molecular weight excluding hydrogens is 214 g/mol. The van der Waals surface area contributed by atoms with Crippen molar-refractivity contribution in [2.45, 2.75) is 13.5 Å². The van der Waals surface area contributed by atoms with Crippen LogP contribution in [0.2, 0.25) is 0 Å². The van der Waals surface area contributed by atoms with E-state index in [4.69, 9.17) is 4.74 Å². The zero-order valence-electron chi connectivity index (χ0n) is 10.4. The molecule has 1 N–H and O–H groups in total. The lowest BCUT2D eigenvalue weighted by molar-refractivity contribution is 0.410. The van der Waals surface area contributed by atoms with Crippen LogP contribution in [-0.2, 0) is 13.6 Å². The van der Waals surface area contributed by atoms with Gasteiger partial charge >= 0.3 is 0 Å². The van der Waals surface area contributed by atoms with Gasteiger partial charge in [0, 0.05) is 19.2 Å². The minimum Gasteiger partial charge on any atom is -0.496 e. The quantitative estimate of drug-likeness (QED) is 0.878. The van der Waals surface area contributed by atoms with Crippen molar-refractivity contribution in [2.75, 3.05) is 12.4 Å². The molecule has 1 aromatic heterocycles. The van der Waals surface area contributed by atoms with Gasteiger partial charge in [0.15, 0.2) is 0 Å². The Bertz CT molecular complexity index is 505. The first kappa shape index (κ1) is 11.5. The molecule has 0 fully saturated rings. The van der Waals surface area contributed by atoms with E-state index < -0.39 is 0 Å². The highest BCUT2D eigenvalue weighted by Gasteiger charge is 2.05. The molecule has 0 bridgehead atoms. The van der Waals surface area contributed by atoms with E-state index in [1.807, 2.05) is 43.0 Å². The number of hydrogen-bond donors (Lipinski definition) is 1. The summed E-state index contributed by atoms with van der Waals surface area (Å²) in [5.74, 6) is 0.904. The highest BCUT2D eigenvalue weighted by molar-refractivity contribution is 5.47. The van der Waals surface area contributed by atoms with Gasteiger partial charge in [0.05, 0.1) is 24.7 Å². The first-order chi connectivity index (χ1) is 8.22. The van der Waals surface area contributed by atoms with Gasteiger partial charge in [0.2, 0.25) is 0 Å². The van der Waals surface area contributed by atoms with Crippen LogP contribution in [0.15, 0.2) is 30.5 Å². The van der Waals surface area contributed by atoms with Crippen molar-refractivity contribution in [3.05, 3.63) is 41.7 Å². The van der Waals surface area contributed by atoms with Crippen molar-refractivity contribution in [1.29, 1.82) is 0 Å². The normalized spacial score (nSPS) is 10.3. The Morgan fingerprint density at radius 3 is 2.76 bits per heavy atom. The molecule has 2 aromatic rings. The van der Waals surface area contributed by atoms with Gasteiger partial charge in [-0.15, -0.1) is 0 Å². The molecule has 17 heavy (non-hydrogen) atoms. The van der Waals surface area contributed by atoms with Crippen molar-refractivity contribution in [1.82, 2.24) is 9.78 Å². The average Bonchev–Trinajstić information content (AvgIpc) is 2.68. The Morgan fingerprint density at radius 2 is 2.12 bits per heavy atom. The minimum atomic E-state index is 0.733. The summed E-state index contributed by atoms with van der Waals surface area (Å²) in [4.78, 5) is 0. The number of nitrogens with one attached hydrogen (secondary N) is 1. The van der Waals surface area contributed by atoms with Crippen LogP contribution in [-0.4, -0.2) is 16.9 Å². The second-order valence-corrected chi connectivity index (χ2v) is 3.93. The Balaban J connectivity index is 2.10. The first-order valence-corrected chi connectivity index (χ1v) is 5.56. The van der Waals surface area contributed by atoms with Crippen LogP contribution in [0.25, 0.3) is 0 Å². The van der Waals surface area contributed by atoms with Crippen LogP contribution >= 0.6 is 0 Å². The lowest BCUT2D eigenvalue weighted by atomic mass is 10.2. The van der Waals surface area contributed by atoms with E-state index in [0.29, 0.717) is 0 Å². The molecule has 0 aliphatic rings. The summed E-state index contributed by atoms with van der Waals surface area (Å²) in [6, 6.07) is 8.00. The molecule has 2 rings (SSSR count). The van der Waals surface area contributed by atoms with Crippen molar-refractivity contribution in [3.63, 3.8) is 0 Å². The fourth-order valence-corrected chi connectivity index (χ4v) is 1.71. The van der Waals surface area contributed by atoms with E-state index in [-0.39, 0.29) is 0 Å². The van der Waals surface area contributed by atoms with E-state index in [0.717, 1.165) is 29.2 Å². The Morgan fingerprint density at radius 1 is 1.35 bits per heavy atom. The van der Waals surface area contributed by atoms with E-state index in [1.165, 1.54) is 0 Å². The second-order valence-electron chi connectivity index (χ2n) is 3.93. The summed E-state index contributed by atoms with van der Waals surface area (Å²) in [5, 5.41) is 7.56. The zero-order valence-corrected chi connectivity index (χ0v) is 10.4. The summed E-state index contributed by atoms with van der Waals surface area (Å²) < 4.78 is 7.16. The maximum Gasteiger partial charge on any atom is 0.123 e. The number of anilines is 1. The number of ether oxygens (including phenoxy) is 1. The number of benzene rings is 1. The van der Waals surface area contributed by atoms with E-state index >= 15 is 0 Å². The first-order valence-electron chi connectivity index (χ1n) is 5.56. The topological polar surface area (TPSA) is 39.1 Å². The van der Waals surface area contributed by atoms with Gasteiger partial charge in [-0.3, -0.25) is 4.68 Å².